The van der Waals surface area contributed by atoms with Gasteiger partial charge in [-0.1, -0.05) is 73.2 Å². The maximum Gasteiger partial charge on any atom is 0.120 e. The van der Waals surface area contributed by atoms with Gasteiger partial charge in [-0.05, 0) is 97.0 Å². The third-order valence-corrected chi connectivity index (χ3v) is 7.08. The third-order valence-electron chi connectivity index (χ3n) is 7.08. The maximum atomic E-state index is 6.38. The summed E-state index contributed by atoms with van der Waals surface area (Å²) < 4.78 is 6.38. The summed E-state index contributed by atoms with van der Waals surface area (Å²) in [5, 5.41) is 3.72. The second kappa shape index (κ2) is 10.9. The van der Waals surface area contributed by atoms with Gasteiger partial charge in [-0.3, -0.25) is 0 Å². The van der Waals surface area contributed by atoms with Gasteiger partial charge in [0, 0.05) is 6.54 Å². The Kier molecular flexibility index (Phi) is 7.23. The van der Waals surface area contributed by atoms with Crippen LogP contribution in [0.4, 0.5) is 0 Å². The van der Waals surface area contributed by atoms with Gasteiger partial charge in [0.05, 0.1) is 6.10 Å². The standard InChI is InChI=1S/C31H35NO/c1-4-10-24(11-5-1)20-21-32-23-27-17-16-26-22-29(33-28-14-8-3-9-15-28)18-19-30(26)31(27)25-12-6-2-7-13-25/h1-2,4-7,10-13,18-19,22,28,32H,3,8-9,14-17,20-21,23H2. The molecule has 1 saturated carbocycles. The summed E-state index contributed by atoms with van der Waals surface area (Å²) in [7, 11) is 0. The quantitative estimate of drug-likeness (QED) is 0.384. The summed E-state index contributed by atoms with van der Waals surface area (Å²) in [6.07, 6.45) is 10.0. The van der Waals surface area contributed by atoms with E-state index in [4.69, 9.17) is 4.74 Å². The van der Waals surface area contributed by atoms with Crippen molar-refractivity contribution in [3.63, 3.8) is 0 Å². The fourth-order valence-corrected chi connectivity index (χ4v) is 5.33. The highest BCUT2D eigenvalue weighted by Gasteiger charge is 2.22. The van der Waals surface area contributed by atoms with Crippen LogP contribution in [0.25, 0.3) is 5.57 Å². The summed E-state index contributed by atoms with van der Waals surface area (Å²) in [6, 6.07) is 28.5. The van der Waals surface area contributed by atoms with Gasteiger partial charge in [0.15, 0.2) is 0 Å². The number of ether oxygens (including phenoxy) is 1. The summed E-state index contributed by atoms with van der Waals surface area (Å²) in [5.41, 5.74) is 8.44. The second-order valence-corrected chi connectivity index (χ2v) is 9.45. The number of hydrogen-bond donors (Lipinski definition) is 1. The number of rotatable bonds is 8. The summed E-state index contributed by atoms with van der Waals surface area (Å²) in [5.74, 6) is 1.05. The number of fused-ring (bicyclic) bond motifs is 1. The number of benzene rings is 3. The van der Waals surface area contributed by atoms with Gasteiger partial charge in [-0.2, -0.15) is 0 Å². The van der Waals surface area contributed by atoms with Crippen LogP contribution in [0.3, 0.4) is 0 Å². The molecule has 170 valence electrons. The lowest BCUT2D eigenvalue weighted by Gasteiger charge is -2.27. The van der Waals surface area contributed by atoms with Gasteiger partial charge >= 0.3 is 0 Å². The molecule has 0 radical (unpaired) electrons. The topological polar surface area (TPSA) is 21.3 Å². The zero-order chi connectivity index (χ0) is 22.3. The summed E-state index contributed by atoms with van der Waals surface area (Å²) in [4.78, 5) is 0. The first kappa shape index (κ1) is 22.0. The lowest BCUT2D eigenvalue weighted by atomic mass is 9.82. The monoisotopic (exact) mass is 437 g/mol. The Morgan fingerprint density at radius 1 is 0.788 bits per heavy atom. The van der Waals surface area contributed by atoms with Crippen LogP contribution < -0.4 is 10.1 Å². The highest BCUT2D eigenvalue weighted by atomic mass is 16.5. The average molecular weight is 438 g/mol. The van der Waals surface area contributed by atoms with E-state index >= 15 is 0 Å². The molecule has 3 aromatic rings. The van der Waals surface area contributed by atoms with Crippen molar-refractivity contribution in [3.05, 3.63) is 107 Å². The van der Waals surface area contributed by atoms with Gasteiger partial charge < -0.3 is 10.1 Å². The van der Waals surface area contributed by atoms with E-state index in [2.05, 4.69) is 84.2 Å². The lowest BCUT2D eigenvalue weighted by molar-refractivity contribution is 0.155. The molecular formula is C31H35NO. The van der Waals surface area contributed by atoms with Gasteiger partial charge in [-0.15, -0.1) is 0 Å². The Morgan fingerprint density at radius 3 is 2.33 bits per heavy atom. The van der Waals surface area contributed by atoms with Crippen molar-refractivity contribution in [2.75, 3.05) is 13.1 Å². The molecule has 5 rings (SSSR count). The molecule has 3 aromatic carbocycles. The molecular weight excluding hydrogens is 402 g/mol. The van der Waals surface area contributed by atoms with Crippen LogP contribution in [0.5, 0.6) is 5.75 Å². The molecule has 0 bridgehead atoms. The molecule has 0 spiro atoms. The molecule has 33 heavy (non-hydrogen) atoms. The largest absolute Gasteiger partial charge is 0.490 e. The number of hydrogen-bond acceptors (Lipinski definition) is 2. The van der Waals surface area contributed by atoms with E-state index in [0.29, 0.717) is 6.10 Å². The Bertz CT molecular complexity index is 1060. The predicted octanol–water partition coefficient (Wildman–Crippen LogP) is 6.98. The zero-order valence-corrected chi connectivity index (χ0v) is 19.6. The first-order chi connectivity index (χ1) is 16.4. The van der Waals surface area contributed by atoms with Crippen LogP contribution in [-0.2, 0) is 12.8 Å². The van der Waals surface area contributed by atoms with Gasteiger partial charge in [0.25, 0.3) is 0 Å². The van der Waals surface area contributed by atoms with E-state index in [1.165, 1.54) is 65.5 Å². The Morgan fingerprint density at radius 2 is 1.55 bits per heavy atom. The molecule has 2 aliphatic rings. The first-order valence-corrected chi connectivity index (χ1v) is 12.7. The molecule has 0 saturated heterocycles. The van der Waals surface area contributed by atoms with E-state index in [1.807, 2.05) is 0 Å². The van der Waals surface area contributed by atoms with Crippen LogP contribution in [0.2, 0.25) is 0 Å². The van der Waals surface area contributed by atoms with E-state index in [-0.39, 0.29) is 0 Å². The lowest BCUT2D eigenvalue weighted by Crippen LogP contribution is -2.23. The van der Waals surface area contributed by atoms with Crippen molar-refractivity contribution in [2.45, 2.75) is 57.5 Å². The van der Waals surface area contributed by atoms with Crippen molar-refractivity contribution in [1.29, 1.82) is 0 Å². The molecule has 0 unspecified atom stereocenters. The normalized spacial score (nSPS) is 16.5. The maximum absolute atomic E-state index is 6.38. The van der Waals surface area contributed by atoms with E-state index in [1.54, 1.807) is 0 Å². The minimum atomic E-state index is 0.397. The fourth-order valence-electron chi connectivity index (χ4n) is 5.33. The van der Waals surface area contributed by atoms with Crippen LogP contribution in [-0.4, -0.2) is 19.2 Å². The van der Waals surface area contributed by atoms with Crippen molar-refractivity contribution >= 4 is 5.57 Å². The van der Waals surface area contributed by atoms with Crippen molar-refractivity contribution < 1.29 is 4.74 Å². The Balaban J connectivity index is 1.34. The number of aryl methyl sites for hydroxylation is 1. The third kappa shape index (κ3) is 5.57. The smallest absolute Gasteiger partial charge is 0.120 e. The number of nitrogens with one attached hydrogen (secondary N) is 1. The zero-order valence-electron chi connectivity index (χ0n) is 19.6. The Labute approximate surface area is 198 Å². The first-order valence-electron chi connectivity index (χ1n) is 12.7. The Hall–Kier alpha value is -2.84. The molecule has 2 aliphatic carbocycles. The predicted molar refractivity (Wildman–Crippen MR) is 138 cm³/mol. The van der Waals surface area contributed by atoms with Gasteiger partial charge in [0.2, 0.25) is 0 Å². The van der Waals surface area contributed by atoms with Crippen LogP contribution in [0.1, 0.15) is 60.8 Å². The molecule has 1 N–H and O–H groups in total. The molecule has 2 heteroatoms. The van der Waals surface area contributed by atoms with Crippen molar-refractivity contribution in [2.24, 2.45) is 0 Å². The average Bonchev–Trinajstić information content (AvgIpc) is 2.88. The van der Waals surface area contributed by atoms with Gasteiger partial charge in [0.1, 0.15) is 5.75 Å². The van der Waals surface area contributed by atoms with Crippen LogP contribution in [0.15, 0.2) is 84.4 Å². The minimum absolute atomic E-state index is 0.397. The van der Waals surface area contributed by atoms with E-state index < -0.39 is 0 Å². The highest BCUT2D eigenvalue weighted by Crippen LogP contribution is 2.38. The SMILES string of the molecule is c1ccc(CCNCC2=C(c3ccccc3)c3ccc(OC4CCCCC4)cc3CC2)cc1. The van der Waals surface area contributed by atoms with Crippen molar-refractivity contribution in [1.82, 2.24) is 5.32 Å². The fraction of sp³-hybridized carbons (Fsp3) is 0.355. The summed E-state index contributed by atoms with van der Waals surface area (Å²) >= 11 is 0. The molecule has 0 aromatic heterocycles. The second-order valence-electron chi connectivity index (χ2n) is 9.45. The van der Waals surface area contributed by atoms with Crippen LogP contribution >= 0.6 is 0 Å². The van der Waals surface area contributed by atoms with Crippen LogP contribution in [0, 0.1) is 0 Å². The highest BCUT2D eigenvalue weighted by molar-refractivity contribution is 5.85. The summed E-state index contributed by atoms with van der Waals surface area (Å²) in [6.45, 7) is 1.94. The molecule has 0 atom stereocenters. The molecule has 2 nitrogen and oxygen atoms in total. The van der Waals surface area contributed by atoms with E-state index in [9.17, 15) is 0 Å². The van der Waals surface area contributed by atoms with Crippen molar-refractivity contribution in [3.8, 4) is 5.75 Å². The minimum Gasteiger partial charge on any atom is -0.490 e. The van der Waals surface area contributed by atoms with Gasteiger partial charge in [-0.25, -0.2) is 0 Å². The molecule has 0 amide bonds. The molecule has 0 aliphatic heterocycles. The molecule has 1 fully saturated rings. The molecule has 0 heterocycles. The van der Waals surface area contributed by atoms with E-state index in [0.717, 1.165) is 38.1 Å².